The SMILES string of the molecule is CNC1=CC=CNC1C. The fourth-order valence-electron chi connectivity index (χ4n) is 0.886. The van der Waals surface area contributed by atoms with Crippen molar-refractivity contribution in [2.45, 2.75) is 13.0 Å². The molecule has 0 fully saturated rings. The third-order valence-corrected chi connectivity index (χ3v) is 1.47. The molecule has 0 aromatic heterocycles. The van der Waals surface area contributed by atoms with Gasteiger partial charge in [-0.15, -0.1) is 0 Å². The Bertz CT molecular complexity index is 147. The summed E-state index contributed by atoms with van der Waals surface area (Å²) in [4.78, 5) is 0. The number of hydrogen-bond donors (Lipinski definition) is 2. The van der Waals surface area contributed by atoms with E-state index in [1.165, 1.54) is 5.70 Å². The molecule has 1 aliphatic heterocycles. The third-order valence-electron chi connectivity index (χ3n) is 1.47. The predicted molar refractivity (Wildman–Crippen MR) is 38.9 cm³/mol. The van der Waals surface area contributed by atoms with Crippen LogP contribution in [0, 0.1) is 0 Å². The summed E-state index contributed by atoms with van der Waals surface area (Å²) < 4.78 is 0. The van der Waals surface area contributed by atoms with Gasteiger partial charge >= 0.3 is 0 Å². The number of nitrogens with one attached hydrogen (secondary N) is 2. The van der Waals surface area contributed by atoms with Gasteiger partial charge in [-0.25, -0.2) is 0 Å². The monoisotopic (exact) mass is 124 g/mol. The molecule has 0 saturated heterocycles. The molecule has 0 amide bonds. The quantitative estimate of drug-likeness (QED) is 0.534. The van der Waals surface area contributed by atoms with E-state index in [1.807, 2.05) is 19.3 Å². The van der Waals surface area contributed by atoms with E-state index in [0.29, 0.717) is 6.04 Å². The van der Waals surface area contributed by atoms with Gasteiger partial charge in [0.2, 0.25) is 0 Å². The van der Waals surface area contributed by atoms with Crippen LogP contribution in [0.2, 0.25) is 0 Å². The van der Waals surface area contributed by atoms with E-state index in [-0.39, 0.29) is 0 Å². The van der Waals surface area contributed by atoms with Crippen molar-refractivity contribution < 1.29 is 0 Å². The normalized spacial score (nSPS) is 24.7. The molecule has 9 heavy (non-hydrogen) atoms. The molecule has 0 spiro atoms. The van der Waals surface area contributed by atoms with Crippen LogP contribution in [0.4, 0.5) is 0 Å². The first-order valence-electron chi connectivity index (χ1n) is 3.15. The van der Waals surface area contributed by atoms with Crippen molar-refractivity contribution in [3.8, 4) is 0 Å². The van der Waals surface area contributed by atoms with Crippen molar-refractivity contribution in [1.29, 1.82) is 0 Å². The zero-order valence-corrected chi connectivity index (χ0v) is 5.81. The lowest BCUT2D eigenvalue weighted by atomic mass is 10.2. The van der Waals surface area contributed by atoms with Crippen molar-refractivity contribution in [2.75, 3.05) is 7.05 Å². The van der Waals surface area contributed by atoms with Gasteiger partial charge in [0.05, 0.1) is 6.04 Å². The minimum absolute atomic E-state index is 0.431. The summed E-state index contributed by atoms with van der Waals surface area (Å²) in [6, 6.07) is 0.431. The Hall–Kier alpha value is -0.920. The van der Waals surface area contributed by atoms with Crippen LogP contribution in [0.5, 0.6) is 0 Å². The van der Waals surface area contributed by atoms with Gasteiger partial charge in [-0.2, -0.15) is 0 Å². The highest BCUT2D eigenvalue weighted by molar-refractivity contribution is 5.19. The summed E-state index contributed by atoms with van der Waals surface area (Å²) in [6.45, 7) is 2.12. The molecule has 1 atom stereocenters. The zero-order valence-electron chi connectivity index (χ0n) is 5.81. The summed E-state index contributed by atoms with van der Waals surface area (Å²) in [5.41, 5.74) is 1.23. The Morgan fingerprint density at radius 2 is 2.44 bits per heavy atom. The summed E-state index contributed by atoms with van der Waals surface area (Å²) >= 11 is 0. The maximum atomic E-state index is 3.17. The average molecular weight is 124 g/mol. The van der Waals surface area contributed by atoms with E-state index in [2.05, 4.69) is 23.6 Å². The van der Waals surface area contributed by atoms with Crippen LogP contribution < -0.4 is 10.6 Å². The van der Waals surface area contributed by atoms with Crippen LogP contribution in [0.1, 0.15) is 6.92 Å². The molecule has 1 unspecified atom stereocenters. The standard InChI is InChI=1S/C7H12N2/c1-6-7(8-2)4-3-5-9-6/h3-6,8-9H,1-2H3. The molecule has 0 aromatic rings. The molecule has 0 radical (unpaired) electrons. The van der Waals surface area contributed by atoms with Crippen molar-refractivity contribution in [3.63, 3.8) is 0 Å². The van der Waals surface area contributed by atoms with Gasteiger partial charge in [-0.3, -0.25) is 0 Å². The smallest absolute Gasteiger partial charge is 0.0626 e. The van der Waals surface area contributed by atoms with Crippen LogP contribution in [0.3, 0.4) is 0 Å². The van der Waals surface area contributed by atoms with Crippen LogP contribution in [0.15, 0.2) is 24.0 Å². The van der Waals surface area contributed by atoms with Gasteiger partial charge in [0, 0.05) is 12.7 Å². The number of likely N-dealkylation sites (N-methyl/N-ethyl adjacent to an activating group) is 1. The largest absolute Gasteiger partial charge is 0.390 e. The van der Waals surface area contributed by atoms with E-state index >= 15 is 0 Å². The van der Waals surface area contributed by atoms with E-state index in [1.54, 1.807) is 0 Å². The second-order valence-corrected chi connectivity index (χ2v) is 2.12. The van der Waals surface area contributed by atoms with Crippen molar-refractivity contribution in [3.05, 3.63) is 24.0 Å². The predicted octanol–water partition coefficient (Wildman–Crippen LogP) is 0.595. The minimum Gasteiger partial charge on any atom is -0.390 e. The fourth-order valence-corrected chi connectivity index (χ4v) is 0.886. The van der Waals surface area contributed by atoms with Crippen molar-refractivity contribution >= 4 is 0 Å². The first kappa shape index (κ1) is 6.20. The van der Waals surface area contributed by atoms with Gasteiger partial charge in [-0.1, -0.05) is 0 Å². The van der Waals surface area contributed by atoms with Crippen LogP contribution in [-0.2, 0) is 0 Å². The summed E-state index contributed by atoms with van der Waals surface area (Å²) in [5.74, 6) is 0. The van der Waals surface area contributed by atoms with Crippen LogP contribution >= 0.6 is 0 Å². The summed E-state index contributed by atoms with van der Waals surface area (Å²) in [7, 11) is 1.93. The second kappa shape index (κ2) is 2.58. The molecule has 0 aromatic carbocycles. The molecule has 2 nitrogen and oxygen atoms in total. The Balaban J connectivity index is 2.63. The highest BCUT2D eigenvalue weighted by Crippen LogP contribution is 2.00. The lowest BCUT2D eigenvalue weighted by molar-refractivity contribution is 0.670. The molecule has 2 N–H and O–H groups in total. The van der Waals surface area contributed by atoms with Crippen molar-refractivity contribution in [1.82, 2.24) is 10.6 Å². The van der Waals surface area contributed by atoms with Crippen LogP contribution in [0.25, 0.3) is 0 Å². The summed E-state index contributed by atoms with van der Waals surface area (Å²) in [6.07, 6.45) is 6.01. The van der Waals surface area contributed by atoms with Gasteiger partial charge < -0.3 is 10.6 Å². The molecule has 1 aliphatic rings. The number of hydrogen-bond acceptors (Lipinski definition) is 2. The van der Waals surface area contributed by atoms with Crippen molar-refractivity contribution in [2.24, 2.45) is 0 Å². The zero-order chi connectivity index (χ0) is 6.69. The lowest BCUT2D eigenvalue weighted by Gasteiger charge is -2.18. The first-order chi connectivity index (χ1) is 4.34. The van der Waals surface area contributed by atoms with Crippen LogP contribution in [-0.4, -0.2) is 13.1 Å². The summed E-state index contributed by atoms with van der Waals surface area (Å²) in [5, 5.41) is 6.27. The minimum atomic E-state index is 0.431. The maximum Gasteiger partial charge on any atom is 0.0626 e. The molecule has 0 saturated carbocycles. The molecule has 2 heteroatoms. The molecular formula is C7H12N2. The van der Waals surface area contributed by atoms with E-state index in [9.17, 15) is 0 Å². The third kappa shape index (κ3) is 1.25. The number of allylic oxidation sites excluding steroid dienone is 2. The Labute approximate surface area is 55.6 Å². The number of rotatable bonds is 1. The first-order valence-corrected chi connectivity index (χ1v) is 3.15. The molecule has 1 rings (SSSR count). The average Bonchev–Trinajstić information content (AvgIpc) is 1.89. The molecular weight excluding hydrogens is 112 g/mol. The Morgan fingerprint density at radius 3 is 2.89 bits per heavy atom. The molecule has 0 aliphatic carbocycles. The van der Waals surface area contributed by atoms with Gasteiger partial charge in [0.25, 0.3) is 0 Å². The molecule has 50 valence electrons. The van der Waals surface area contributed by atoms with E-state index in [0.717, 1.165) is 0 Å². The molecule has 0 bridgehead atoms. The second-order valence-electron chi connectivity index (χ2n) is 2.12. The van der Waals surface area contributed by atoms with Gasteiger partial charge in [0.15, 0.2) is 0 Å². The Morgan fingerprint density at radius 1 is 1.67 bits per heavy atom. The van der Waals surface area contributed by atoms with Gasteiger partial charge in [-0.05, 0) is 25.3 Å². The maximum absolute atomic E-state index is 3.17. The highest BCUT2D eigenvalue weighted by atomic mass is 15.0. The van der Waals surface area contributed by atoms with E-state index < -0.39 is 0 Å². The van der Waals surface area contributed by atoms with E-state index in [4.69, 9.17) is 0 Å². The topological polar surface area (TPSA) is 24.1 Å². The number of dihydropyridines is 1. The lowest BCUT2D eigenvalue weighted by Crippen LogP contribution is -2.30. The molecule has 1 heterocycles. The fraction of sp³-hybridized carbons (Fsp3) is 0.429. The Kier molecular flexibility index (Phi) is 1.78. The highest BCUT2D eigenvalue weighted by Gasteiger charge is 2.04. The van der Waals surface area contributed by atoms with Gasteiger partial charge in [0.1, 0.15) is 0 Å².